The van der Waals surface area contributed by atoms with Crippen LogP contribution in [0.1, 0.15) is 66.2 Å². The Hall–Kier alpha value is -5.05. The van der Waals surface area contributed by atoms with E-state index in [0.717, 1.165) is 0 Å². The van der Waals surface area contributed by atoms with Crippen molar-refractivity contribution < 1.29 is 48.6 Å². The Kier molecular flexibility index (Phi) is 19.0. The molecule has 0 saturated carbocycles. The molecule has 0 aromatic heterocycles. The van der Waals surface area contributed by atoms with Gasteiger partial charge in [0.2, 0.25) is 41.4 Å². The van der Waals surface area contributed by atoms with Crippen LogP contribution in [0.5, 0.6) is 0 Å². The minimum absolute atomic E-state index is 0.0913. The van der Waals surface area contributed by atoms with Gasteiger partial charge in [-0.05, 0) is 43.9 Å². The Balaban J connectivity index is 3.01. The van der Waals surface area contributed by atoms with Gasteiger partial charge in [0.05, 0.1) is 19.2 Å². The molecule has 1 aliphatic heterocycles. The molecular formula is C31H55N11O10. The number of aliphatic carboxylic acids is 1. The molecule has 0 unspecified atom stereocenters. The largest absolute Gasteiger partial charge is 0.480 e. The van der Waals surface area contributed by atoms with Gasteiger partial charge in [-0.2, -0.15) is 0 Å². The lowest BCUT2D eigenvalue weighted by atomic mass is 10.0. The summed E-state index contributed by atoms with van der Waals surface area (Å²) in [4.78, 5) is 106. The van der Waals surface area contributed by atoms with Crippen molar-refractivity contribution in [2.24, 2.45) is 39.8 Å². The van der Waals surface area contributed by atoms with Crippen LogP contribution in [0.3, 0.4) is 0 Å². The van der Waals surface area contributed by atoms with Gasteiger partial charge in [0, 0.05) is 19.5 Å². The molecule has 0 bridgehead atoms. The first-order valence-electron chi connectivity index (χ1n) is 17.0. The van der Waals surface area contributed by atoms with E-state index in [1.165, 1.54) is 4.90 Å². The number of aliphatic imine (C=N–C) groups is 1. The van der Waals surface area contributed by atoms with Crippen LogP contribution in [0.15, 0.2) is 4.99 Å². The molecule has 294 valence electrons. The van der Waals surface area contributed by atoms with Crippen LogP contribution in [0.2, 0.25) is 0 Å². The van der Waals surface area contributed by atoms with E-state index >= 15 is 0 Å². The zero-order valence-corrected chi connectivity index (χ0v) is 30.1. The number of carboxylic acid groups (broad SMARTS) is 1. The molecule has 15 N–H and O–H groups in total. The van der Waals surface area contributed by atoms with Crippen molar-refractivity contribution >= 4 is 53.3 Å². The van der Waals surface area contributed by atoms with Crippen molar-refractivity contribution in [1.29, 1.82) is 0 Å². The average Bonchev–Trinajstić information content (AvgIpc) is 3.56. The van der Waals surface area contributed by atoms with Crippen molar-refractivity contribution in [3.05, 3.63) is 0 Å². The van der Waals surface area contributed by atoms with Crippen LogP contribution in [0.4, 0.5) is 0 Å². The summed E-state index contributed by atoms with van der Waals surface area (Å²) in [6.45, 7) is 5.40. The third-order valence-electron chi connectivity index (χ3n) is 8.17. The van der Waals surface area contributed by atoms with Crippen LogP contribution in [-0.2, 0) is 38.4 Å². The van der Waals surface area contributed by atoms with Gasteiger partial charge in [-0.1, -0.05) is 27.7 Å². The average molecular weight is 742 g/mol. The van der Waals surface area contributed by atoms with E-state index in [2.05, 4.69) is 31.6 Å². The fraction of sp³-hybridized carbons (Fsp3) is 0.710. The molecule has 52 heavy (non-hydrogen) atoms. The third kappa shape index (κ3) is 15.1. The standard InChI is InChI=1S/C31H55N11O10/c1-15(2)23(28(49)37-13-22(45)40-24(16(3)4)30(51)52)41-27(48)20-8-6-12-42(20)29(50)18(9-10-21(33)44)38-26(47)19(14-43)39-25(46)17(32)7-5-11-36-31(34)35/h15-20,23-24,43H,5-14,32H2,1-4H3,(H2,33,44)(H,37,49)(H,38,47)(H,39,46)(H,40,45)(H,41,48)(H,51,52)(H4,34,35,36)/t17-,18-,19-,20-,23-,24-/m0/s1. The van der Waals surface area contributed by atoms with Gasteiger partial charge in [0.15, 0.2) is 5.96 Å². The molecule has 1 aliphatic rings. The number of rotatable bonds is 22. The number of amides is 7. The number of nitrogens with two attached hydrogens (primary N) is 4. The van der Waals surface area contributed by atoms with E-state index in [1.54, 1.807) is 27.7 Å². The Morgan fingerprint density at radius 1 is 0.827 bits per heavy atom. The molecular weight excluding hydrogens is 686 g/mol. The van der Waals surface area contributed by atoms with Gasteiger partial charge in [-0.25, -0.2) is 4.79 Å². The van der Waals surface area contributed by atoms with Crippen molar-refractivity contribution in [3.63, 3.8) is 0 Å². The van der Waals surface area contributed by atoms with Crippen LogP contribution in [0, 0.1) is 11.8 Å². The molecule has 0 aliphatic carbocycles. The number of nitrogens with zero attached hydrogens (tertiary/aromatic N) is 2. The summed E-state index contributed by atoms with van der Waals surface area (Å²) in [5.41, 5.74) is 21.7. The maximum absolute atomic E-state index is 13.8. The van der Waals surface area contributed by atoms with E-state index in [9.17, 15) is 48.6 Å². The number of primary amides is 1. The number of aliphatic hydroxyl groups excluding tert-OH is 1. The third-order valence-corrected chi connectivity index (χ3v) is 8.17. The maximum atomic E-state index is 13.8. The van der Waals surface area contributed by atoms with Gasteiger partial charge < -0.3 is 64.6 Å². The maximum Gasteiger partial charge on any atom is 0.326 e. The van der Waals surface area contributed by atoms with Gasteiger partial charge in [0.25, 0.3) is 0 Å². The molecule has 0 aromatic carbocycles. The predicted molar refractivity (Wildman–Crippen MR) is 186 cm³/mol. The Labute approximate surface area is 301 Å². The summed E-state index contributed by atoms with van der Waals surface area (Å²) in [6.07, 6.45) is 0.497. The van der Waals surface area contributed by atoms with E-state index in [1.807, 2.05) is 0 Å². The molecule has 1 heterocycles. The lowest BCUT2D eigenvalue weighted by Crippen LogP contribution is -2.59. The monoisotopic (exact) mass is 741 g/mol. The minimum atomic E-state index is -1.52. The number of guanidine groups is 1. The quantitative estimate of drug-likeness (QED) is 0.0282. The summed E-state index contributed by atoms with van der Waals surface area (Å²) < 4.78 is 0. The Morgan fingerprint density at radius 3 is 1.98 bits per heavy atom. The summed E-state index contributed by atoms with van der Waals surface area (Å²) in [5, 5.41) is 31.2. The Morgan fingerprint density at radius 2 is 1.44 bits per heavy atom. The second-order valence-corrected chi connectivity index (χ2v) is 13.1. The number of hydrogen-bond donors (Lipinski definition) is 11. The minimum Gasteiger partial charge on any atom is -0.480 e. The zero-order chi connectivity index (χ0) is 39.7. The first-order valence-corrected chi connectivity index (χ1v) is 17.0. The number of hydrogen-bond acceptors (Lipinski definition) is 11. The second-order valence-electron chi connectivity index (χ2n) is 13.1. The van der Waals surface area contributed by atoms with Crippen molar-refractivity contribution in [2.75, 3.05) is 26.2 Å². The highest BCUT2D eigenvalue weighted by Crippen LogP contribution is 2.20. The molecule has 6 atom stereocenters. The van der Waals surface area contributed by atoms with Gasteiger partial charge in [-0.15, -0.1) is 0 Å². The summed E-state index contributed by atoms with van der Waals surface area (Å²) in [7, 11) is 0. The molecule has 1 saturated heterocycles. The predicted octanol–water partition coefficient (Wildman–Crippen LogP) is -4.93. The molecule has 0 spiro atoms. The molecule has 21 nitrogen and oxygen atoms in total. The van der Waals surface area contributed by atoms with E-state index in [-0.39, 0.29) is 44.7 Å². The lowest BCUT2D eigenvalue weighted by molar-refractivity contribution is -0.143. The lowest BCUT2D eigenvalue weighted by Gasteiger charge is -2.31. The highest BCUT2D eigenvalue weighted by molar-refractivity contribution is 5.97. The summed E-state index contributed by atoms with van der Waals surface area (Å²) in [6, 6.07) is -7.38. The van der Waals surface area contributed by atoms with Crippen molar-refractivity contribution in [1.82, 2.24) is 31.5 Å². The number of carbonyl (C=O) groups is 8. The first-order chi connectivity index (χ1) is 24.3. The number of likely N-dealkylation sites (tertiary alicyclic amines) is 1. The van der Waals surface area contributed by atoms with Crippen molar-refractivity contribution in [2.45, 2.75) is 102 Å². The van der Waals surface area contributed by atoms with E-state index in [0.29, 0.717) is 12.8 Å². The van der Waals surface area contributed by atoms with Crippen LogP contribution in [0.25, 0.3) is 0 Å². The summed E-state index contributed by atoms with van der Waals surface area (Å²) in [5.74, 6) is -7.65. The molecule has 0 aromatic rings. The highest BCUT2D eigenvalue weighted by atomic mass is 16.4. The topological polar surface area (TPSA) is 357 Å². The second kappa shape index (κ2) is 22.0. The van der Waals surface area contributed by atoms with E-state index < -0.39 is 109 Å². The van der Waals surface area contributed by atoms with Gasteiger partial charge in [0.1, 0.15) is 30.2 Å². The molecule has 21 heteroatoms. The van der Waals surface area contributed by atoms with Gasteiger partial charge >= 0.3 is 5.97 Å². The van der Waals surface area contributed by atoms with Crippen LogP contribution in [-0.4, -0.2) is 131 Å². The number of carbonyl (C=O) groups excluding carboxylic acids is 7. The number of carboxylic acids is 1. The van der Waals surface area contributed by atoms with Crippen LogP contribution < -0.4 is 49.5 Å². The number of nitrogens with one attached hydrogen (secondary N) is 5. The highest BCUT2D eigenvalue weighted by Gasteiger charge is 2.40. The first kappa shape index (κ1) is 45.0. The van der Waals surface area contributed by atoms with E-state index in [4.69, 9.17) is 22.9 Å². The molecule has 0 radical (unpaired) electrons. The smallest absolute Gasteiger partial charge is 0.326 e. The zero-order valence-electron chi connectivity index (χ0n) is 30.1. The van der Waals surface area contributed by atoms with Gasteiger partial charge in [-0.3, -0.25) is 38.6 Å². The summed E-state index contributed by atoms with van der Waals surface area (Å²) >= 11 is 0. The molecule has 7 amide bonds. The normalized spacial score (nSPS) is 16.8. The molecule has 1 fully saturated rings. The van der Waals surface area contributed by atoms with Crippen LogP contribution >= 0.6 is 0 Å². The number of aliphatic hydroxyl groups is 1. The van der Waals surface area contributed by atoms with Crippen molar-refractivity contribution in [3.8, 4) is 0 Å². The molecule has 1 rings (SSSR count). The fourth-order valence-electron chi connectivity index (χ4n) is 5.24. The fourth-order valence-corrected chi connectivity index (χ4v) is 5.24. The Bertz CT molecular complexity index is 1320. The SMILES string of the molecule is CC(C)[C@H](NC(=O)CNC(=O)[C@@H](NC(=O)[C@@H]1CCCN1C(=O)[C@H](CCC(N)=O)NC(=O)[C@H](CO)NC(=O)[C@@H](N)CCCN=C(N)N)C(C)C)C(=O)O.